The van der Waals surface area contributed by atoms with Crippen LogP contribution >= 0.6 is 11.3 Å². The second kappa shape index (κ2) is 8.11. The van der Waals surface area contributed by atoms with E-state index in [1.54, 1.807) is 7.11 Å². The normalized spacial score (nSPS) is 25.1. The molecule has 0 radical (unpaired) electrons. The number of benzene rings is 1. The predicted molar refractivity (Wildman–Crippen MR) is 118 cm³/mol. The summed E-state index contributed by atoms with van der Waals surface area (Å²) < 4.78 is 5.48. The minimum absolute atomic E-state index is 0.282. The number of amides is 1. The second-order valence-electron chi connectivity index (χ2n) is 9.42. The van der Waals surface area contributed by atoms with Gasteiger partial charge in [-0.05, 0) is 35.6 Å². The van der Waals surface area contributed by atoms with Crippen LogP contribution in [-0.4, -0.2) is 48.5 Å². The summed E-state index contributed by atoms with van der Waals surface area (Å²) in [4.78, 5) is 19.4. The predicted octanol–water partition coefficient (Wildman–Crippen LogP) is 4.62. The molecular formula is C24H32N2O2S. The van der Waals surface area contributed by atoms with Gasteiger partial charge in [0, 0.05) is 54.3 Å². The number of ether oxygens (including phenoxy) is 1. The molecule has 4 rings (SSSR count). The maximum atomic E-state index is 13.2. The van der Waals surface area contributed by atoms with Gasteiger partial charge in [0.15, 0.2) is 0 Å². The molecule has 1 aromatic carbocycles. The van der Waals surface area contributed by atoms with Crippen LogP contribution < -0.4 is 4.74 Å². The first-order chi connectivity index (χ1) is 13.9. The molecule has 0 aliphatic carbocycles. The first kappa shape index (κ1) is 20.4. The summed E-state index contributed by atoms with van der Waals surface area (Å²) in [7, 11) is 1.72. The van der Waals surface area contributed by atoms with Gasteiger partial charge in [0.05, 0.1) is 7.11 Å². The van der Waals surface area contributed by atoms with E-state index in [0.29, 0.717) is 17.9 Å². The summed E-state index contributed by atoms with van der Waals surface area (Å²) in [5.74, 6) is 1.99. The first-order valence-corrected chi connectivity index (χ1v) is 11.4. The number of nitrogens with zero attached hydrogens (tertiary/aromatic N) is 2. The summed E-state index contributed by atoms with van der Waals surface area (Å²) in [5, 5.41) is 2.15. The van der Waals surface area contributed by atoms with Gasteiger partial charge in [0.2, 0.25) is 5.91 Å². The summed E-state index contributed by atoms with van der Waals surface area (Å²) in [6.07, 6.45) is 1.05. The lowest BCUT2D eigenvalue weighted by Crippen LogP contribution is -2.49. The fourth-order valence-electron chi connectivity index (χ4n) is 4.96. The van der Waals surface area contributed by atoms with Crippen molar-refractivity contribution in [1.82, 2.24) is 9.80 Å². The van der Waals surface area contributed by atoms with Crippen LogP contribution in [0.1, 0.15) is 43.6 Å². The zero-order valence-electron chi connectivity index (χ0n) is 17.9. The van der Waals surface area contributed by atoms with Gasteiger partial charge in [-0.2, -0.15) is 0 Å². The van der Waals surface area contributed by atoms with Crippen molar-refractivity contribution in [2.24, 2.45) is 11.3 Å². The number of carbonyl (C=O) groups is 1. The van der Waals surface area contributed by atoms with Crippen molar-refractivity contribution in [1.29, 1.82) is 0 Å². The fourth-order valence-corrected chi connectivity index (χ4v) is 5.71. The Kier molecular flexibility index (Phi) is 5.71. The fraction of sp³-hybridized carbons (Fsp3) is 0.542. The van der Waals surface area contributed by atoms with E-state index >= 15 is 0 Å². The molecule has 156 valence electrons. The maximum Gasteiger partial charge on any atom is 0.228 e. The van der Waals surface area contributed by atoms with Crippen LogP contribution in [0.2, 0.25) is 0 Å². The van der Waals surface area contributed by atoms with Crippen molar-refractivity contribution in [3.05, 3.63) is 52.2 Å². The molecule has 2 aromatic rings. The van der Waals surface area contributed by atoms with Crippen LogP contribution in [0.3, 0.4) is 0 Å². The number of hydrogen-bond donors (Lipinski definition) is 0. The highest BCUT2D eigenvalue weighted by atomic mass is 32.1. The molecule has 2 aliphatic rings. The molecule has 3 atom stereocenters. The van der Waals surface area contributed by atoms with Crippen LogP contribution in [0.15, 0.2) is 41.8 Å². The topological polar surface area (TPSA) is 32.8 Å². The average Bonchev–Trinajstić information content (AvgIpc) is 3.34. The molecule has 2 aliphatic heterocycles. The van der Waals surface area contributed by atoms with Gasteiger partial charge in [-0.25, -0.2) is 0 Å². The van der Waals surface area contributed by atoms with E-state index < -0.39 is 0 Å². The van der Waals surface area contributed by atoms with Gasteiger partial charge in [0.1, 0.15) is 5.75 Å². The molecule has 0 saturated carbocycles. The molecule has 0 bridgehead atoms. The number of thiophene rings is 1. The number of likely N-dealkylation sites (tertiary alicyclic amines) is 2. The Morgan fingerprint density at radius 1 is 1.21 bits per heavy atom. The van der Waals surface area contributed by atoms with Gasteiger partial charge in [-0.3, -0.25) is 9.69 Å². The van der Waals surface area contributed by atoms with E-state index in [9.17, 15) is 4.79 Å². The molecule has 1 amide bonds. The Labute approximate surface area is 178 Å². The lowest BCUT2D eigenvalue weighted by atomic mass is 9.81. The smallest absolute Gasteiger partial charge is 0.228 e. The molecule has 0 N–H and O–H groups in total. The molecule has 0 unspecified atom stereocenters. The van der Waals surface area contributed by atoms with Crippen LogP contribution in [0.25, 0.3) is 0 Å². The number of hydrogen-bond acceptors (Lipinski definition) is 4. The Bertz CT molecular complexity index is 843. The van der Waals surface area contributed by atoms with E-state index in [2.05, 4.69) is 45.5 Å². The summed E-state index contributed by atoms with van der Waals surface area (Å²) in [5.41, 5.74) is 0.948. The van der Waals surface area contributed by atoms with Crippen LogP contribution in [0.4, 0.5) is 0 Å². The lowest BCUT2D eigenvalue weighted by Gasteiger charge is -2.40. The number of methoxy groups -OCH3 is 1. The molecule has 0 spiro atoms. The number of fused-ring (bicyclic) bond motifs is 1. The summed E-state index contributed by atoms with van der Waals surface area (Å²) in [6, 6.07) is 13.1. The second-order valence-corrected chi connectivity index (χ2v) is 10.5. The first-order valence-electron chi connectivity index (χ1n) is 10.6. The van der Waals surface area contributed by atoms with Crippen molar-refractivity contribution in [2.45, 2.75) is 45.7 Å². The average molecular weight is 413 g/mol. The van der Waals surface area contributed by atoms with Crippen molar-refractivity contribution in [2.75, 3.05) is 26.7 Å². The molecule has 1 aromatic heterocycles. The van der Waals surface area contributed by atoms with Gasteiger partial charge >= 0.3 is 0 Å². The van der Waals surface area contributed by atoms with Gasteiger partial charge < -0.3 is 9.64 Å². The molecule has 3 heterocycles. The third-order valence-electron chi connectivity index (χ3n) is 6.40. The van der Waals surface area contributed by atoms with E-state index in [-0.39, 0.29) is 11.3 Å². The van der Waals surface area contributed by atoms with Crippen LogP contribution in [0, 0.1) is 11.3 Å². The third-order valence-corrected chi connectivity index (χ3v) is 7.26. The van der Waals surface area contributed by atoms with E-state index in [0.717, 1.165) is 38.3 Å². The molecular weight excluding hydrogens is 380 g/mol. The molecule has 29 heavy (non-hydrogen) atoms. The van der Waals surface area contributed by atoms with Gasteiger partial charge in [0.25, 0.3) is 0 Å². The standard InChI is InChI=1S/C24H32N2O2S/c1-24(2,3)23(27)26-16-20(17-7-5-8-18(13-17)28-4)21-15-25(11-10-22(21)26)14-19-9-6-12-29-19/h5-9,12-13,20-22H,10-11,14-16H2,1-4H3/t20-,21-,22-/m1/s1. The van der Waals surface area contributed by atoms with Crippen molar-refractivity contribution in [3.8, 4) is 5.75 Å². The van der Waals surface area contributed by atoms with Gasteiger partial charge in [-0.1, -0.05) is 39.0 Å². The Morgan fingerprint density at radius 3 is 2.72 bits per heavy atom. The Hall–Kier alpha value is -1.85. The minimum Gasteiger partial charge on any atom is -0.497 e. The molecule has 5 heteroatoms. The lowest BCUT2D eigenvalue weighted by molar-refractivity contribution is -0.141. The van der Waals surface area contributed by atoms with Crippen molar-refractivity contribution < 1.29 is 9.53 Å². The number of carbonyl (C=O) groups excluding carboxylic acids is 1. The third kappa shape index (κ3) is 4.22. The van der Waals surface area contributed by atoms with Crippen molar-refractivity contribution in [3.63, 3.8) is 0 Å². The zero-order valence-corrected chi connectivity index (χ0v) is 18.7. The number of rotatable bonds is 4. The summed E-state index contributed by atoms with van der Waals surface area (Å²) in [6.45, 7) is 10.0. The largest absolute Gasteiger partial charge is 0.497 e. The summed E-state index contributed by atoms with van der Waals surface area (Å²) >= 11 is 1.83. The Balaban J connectivity index is 1.61. The SMILES string of the molecule is COc1cccc([C@H]2CN(C(=O)C(C)(C)C)[C@@H]3CCN(Cc4cccs4)C[C@H]23)c1. The molecule has 4 nitrogen and oxygen atoms in total. The maximum absolute atomic E-state index is 13.2. The quantitative estimate of drug-likeness (QED) is 0.735. The van der Waals surface area contributed by atoms with Crippen LogP contribution in [0.5, 0.6) is 5.75 Å². The van der Waals surface area contributed by atoms with Gasteiger partial charge in [-0.15, -0.1) is 11.3 Å². The van der Waals surface area contributed by atoms with Crippen LogP contribution in [-0.2, 0) is 11.3 Å². The number of piperidine rings is 1. The zero-order chi connectivity index (χ0) is 20.6. The minimum atomic E-state index is -0.345. The molecule has 2 fully saturated rings. The highest BCUT2D eigenvalue weighted by Gasteiger charge is 2.48. The Morgan fingerprint density at radius 2 is 2.03 bits per heavy atom. The van der Waals surface area contributed by atoms with E-state index in [4.69, 9.17) is 4.74 Å². The highest BCUT2D eigenvalue weighted by Crippen LogP contribution is 2.43. The van der Waals surface area contributed by atoms with Crippen molar-refractivity contribution >= 4 is 17.2 Å². The monoisotopic (exact) mass is 412 g/mol. The van der Waals surface area contributed by atoms with E-state index in [1.165, 1.54) is 10.4 Å². The van der Waals surface area contributed by atoms with E-state index in [1.807, 2.05) is 38.2 Å². The highest BCUT2D eigenvalue weighted by molar-refractivity contribution is 7.09. The molecule has 2 saturated heterocycles.